The molecular formula is C18H25NO3. The van der Waals surface area contributed by atoms with Gasteiger partial charge >= 0.3 is 5.97 Å². The van der Waals surface area contributed by atoms with Crippen LogP contribution in [-0.2, 0) is 9.53 Å². The Morgan fingerprint density at radius 3 is 2.64 bits per heavy atom. The Kier molecular flexibility index (Phi) is 4.79. The first-order valence-corrected chi connectivity index (χ1v) is 8.27. The predicted molar refractivity (Wildman–Crippen MR) is 84.6 cm³/mol. The maximum absolute atomic E-state index is 12.4. The van der Waals surface area contributed by atoms with Gasteiger partial charge in [0.05, 0.1) is 6.61 Å². The number of carbonyl (C=O) groups excluding carboxylic acids is 1. The number of hydrogen-bond acceptors (Lipinski definition) is 4. The second kappa shape index (κ2) is 6.80. The first-order valence-electron chi connectivity index (χ1n) is 8.27. The number of rotatable bonds is 4. The monoisotopic (exact) mass is 303 g/mol. The molecule has 0 saturated carbocycles. The van der Waals surface area contributed by atoms with Crippen LogP contribution in [0.2, 0.25) is 0 Å². The Hall–Kier alpha value is -1.39. The van der Waals surface area contributed by atoms with Gasteiger partial charge in [-0.3, -0.25) is 4.79 Å². The number of benzene rings is 1. The second-order valence-electron chi connectivity index (χ2n) is 6.57. The maximum atomic E-state index is 12.4. The number of esters is 1. The van der Waals surface area contributed by atoms with Gasteiger partial charge in [-0.25, -0.2) is 0 Å². The van der Waals surface area contributed by atoms with Crippen molar-refractivity contribution in [3.05, 3.63) is 35.9 Å². The van der Waals surface area contributed by atoms with Gasteiger partial charge in [-0.2, -0.15) is 0 Å². The van der Waals surface area contributed by atoms with E-state index in [1.807, 2.05) is 30.3 Å². The predicted octanol–water partition coefficient (Wildman–Crippen LogP) is 2.32. The molecule has 4 atom stereocenters. The van der Waals surface area contributed by atoms with Crippen molar-refractivity contribution in [1.29, 1.82) is 0 Å². The van der Waals surface area contributed by atoms with E-state index in [1.165, 1.54) is 12.8 Å². The molecule has 2 aliphatic heterocycles. The van der Waals surface area contributed by atoms with Gasteiger partial charge in [0.1, 0.15) is 12.0 Å². The van der Waals surface area contributed by atoms with Gasteiger partial charge in [-0.1, -0.05) is 30.3 Å². The normalized spacial score (nSPS) is 29.8. The summed E-state index contributed by atoms with van der Waals surface area (Å²) in [6.45, 7) is -0.207. The van der Waals surface area contributed by atoms with Crippen LogP contribution in [0.25, 0.3) is 0 Å². The molecule has 2 heterocycles. The van der Waals surface area contributed by atoms with Crippen molar-refractivity contribution < 1.29 is 14.6 Å². The molecule has 2 bridgehead atoms. The van der Waals surface area contributed by atoms with Crippen molar-refractivity contribution in [2.24, 2.45) is 0 Å². The molecular weight excluding hydrogens is 278 g/mol. The van der Waals surface area contributed by atoms with Crippen molar-refractivity contribution in [1.82, 2.24) is 4.90 Å². The molecule has 4 nitrogen and oxygen atoms in total. The molecule has 120 valence electrons. The highest BCUT2D eigenvalue weighted by molar-refractivity contribution is 5.78. The van der Waals surface area contributed by atoms with Crippen LogP contribution in [-0.4, -0.2) is 47.8 Å². The third-order valence-corrected chi connectivity index (χ3v) is 5.29. The van der Waals surface area contributed by atoms with E-state index in [0.717, 1.165) is 24.8 Å². The Morgan fingerprint density at radius 2 is 1.91 bits per heavy atom. The SMILES string of the molecule is CN1[C@@H]2CC[C@@H](OC(=O)[C@@H](CO)c3ccccc3)C[C@H]1CC2. The van der Waals surface area contributed by atoms with Crippen LogP contribution in [0, 0.1) is 0 Å². The minimum Gasteiger partial charge on any atom is -0.462 e. The van der Waals surface area contributed by atoms with Crippen molar-refractivity contribution in [2.75, 3.05) is 13.7 Å². The highest BCUT2D eigenvalue weighted by Crippen LogP contribution is 2.34. The fourth-order valence-electron chi connectivity index (χ4n) is 3.88. The molecule has 1 N–H and O–H groups in total. The summed E-state index contributed by atoms with van der Waals surface area (Å²) < 4.78 is 5.75. The minimum atomic E-state index is -0.570. The number of fused-ring (bicyclic) bond motifs is 2. The van der Waals surface area contributed by atoms with Crippen LogP contribution in [0.1, 0.15) is 43.6 Å². The largest absolute Gasteiger partial charge is 0.462 e. The van der Waals surface area contributed by atoms with E-state index < -0.39 is 5.92 Å². The zero-order chi connectivity index (χ0) is 15.5. The number of nitrogens with zero attached hydrogens (tertiary/aromatic N) is 1. The average Bonchev–Trinajstić information content (AvgIpc) is 2.77. The van der Waals surface area contributed by atoms with E-state index in [1.54, 1.807) is 0 Å². The number of ether oxygens (including phenoxy) is 1. The first-order chi connectivity index (χ1) is 10.7. The summed E-state index contributed by atoms with van der Waals surface area (Å²) in [4.78, 5) is 14.9. The summed E-state index contributed by atoms with van der Waals surface area (Å²) in [6.07, 6.45) is 5.42. The maximum Gasteiger partial charge on any atom is 0.316 e. The number of hydrogen-bond donors (Lipinski definition) is 1. The molecule has 4 heteroatoms. The molecule has 1 aromatic rings. The van der Waals surface area contributed by atoms with Gasteiger partial charge in [0, 0.05) is 12.1 Å². The molecule has 2 fully saturated rings. The van der Waals surface area contributed by atoms with Gasteiger partial charge in [0.25, 0.3) is 0 Å². The Balaban J connectivity index is 1.63. The van der Waals surface area contributed by atoms with Crippen molar-refractivity contribution in [2.45, 2.75) is 56.2 Å². The third kappa shape index (κ3) is 3.18. The molecule has 2 aliphatic rings. The van der Waals surface area contributed by atoms with E-state index in [0.29, 0.717) is 12.1 Å². The zero-order valence-corrected chi connectivity index (χ0v) is 13.1. The molecule has 0 radical (unpaired) electrons. The fourth-order valence-corrected chi connectivity index (χ4v) is 3.88. The van der Waals surface area contributed by atoms with Crippen LogP contribution < -0.4 is 0 Å². The lowest BCUT2D eigenvalue weighted by Crippen LogP contribution is -2.32. The number of aliphatic hydroxyl groups is 1. The van der Waals surface area contributed by atoms with E-state index in [-0.39, 0.29) is 18.7 Å². The van der Waals surface area contributed by atoms with Gasteiger partial charge in [0.2, 0.25) is 0 Å². The van der Waals surface area contributed by atoms with Gasteiger partial charge < -0.3 is 14.7 Å². The molecule has 3 rings (SSSR count). The lowest BCUT2D eigenvalue weighted by Gasteiger charge is -2.24. The summed E-state index contributed by atoms with van der Waals surface area (Å²) in [5, 5.41) is 9.57. The van der Waals surface area contributed by atoms with Gasteiger partial charge in [-0.05, 0) is 44.7 Å². The van der Waals surface area contributed by atoms with Crippen molar-refractivity contribution >= 4 is 5.97 Å². The van der Waals surface area contributed by atoms with Crippen molar-refractivity contribution in [3.63, 3.8) is 0 Å². The molecule has 1 aromatic carbocycles. The topological polar surface area (TPSA) is 49.8 Å². The fraction of sp³-hybridized carbons (Fsp3) is 0.611. The molecule has 0 amide bonds. The average molecular weight is 303 g/mol. The summed E-state index contributed by atoms with van der Waals surface area (Å²) in [5.74, 6) is -0.863. The summed E-state index contributed by atoms with van der Waals surface area (Å²) in [7, 11) is 2.19. The smallest absolute Gasteiger partial charge is 0.316 e. The van der Waals surface area contributed by atoms with Crippen LogP contribution in [0.4, 0.5) is 0 Å². The molecule has 0 aromatic heterocycles. The minimum absolute atomic E-state index is 0.0111. The summed E-state index contributed by atoms with van der Waals surface area (Å²) in [5.41, 5.74) is 0.822. The van der Waals surface area contributed by atoms with E-state index in [2.05, 4.69) is 11.9 Å². The summed E-state index contributed by atoms with van der Waals surface area (Å²) >= 11 is 0. The first kappa shape index (κ1) is 15.5. The molecule has 2 saturated heterocycles. The van der Waals surface area contributed by atoms with E-state index in [4.69, 9.17) is 4.74 Å². The number of carbonyl (C=O) groups is 1. The van der Waals surface area contributed by atoms with Crippen LogP contribution in [0.15, 0.2) is 30.3 Å². The van der Waals surface area contributed by atoms with Crippen LogP contribution >= 0.6 is 0 Å². The Bertz CT molecular complexity index is 504. The molecule has 22 heavy (non-hydrogen) atoms. The molecule has 0 spiro atoms. The highest BCUT2D eigenvalue weighted by atomic mass is 16.5. The standard InChI is InChI=1S/C18H25NO3/c1-19-14-7-8-15(19)11-16(10-9-14)22-18(21)17(12-20)13-5-3-2-4-6-13/h2-6,14-17,20H,7-12H2,1H3/t14-,15+,16+,17-/m0/s1. The third-order valence-electron chi connectivity index (χ3n) is 5.29. The van der Waals surface area contributed by atoms with E-state index >= 15 is 0 Å². The lowest BCUT2D eigenvalue weighted by atomic mass is 9.97. The van der Waals surface area contributed by atoms with Crippen LogP contribution in [0.5, 0.6) is 0 Å². The molecule has 0 aliphatic carbocycles. The van der Waals surface area contributed by atoms with E-state index in [9.17, 15) is 9.90 Å². The zero-order valence-electron chi connectivity index (χ0n) is 13.1. The van der Waals surface area contributed by atoms with Gasteiger partial charge in [0.15, 0.2) is 0 Å². The number of aliphatic hydroxyl groups excluding tert-OH is 1. The Labute approximate surface area is 132 Å². The van der Waals surface area contributed by atoms with Crippen LogP contribution in [0.3, 0.4) is 0 Å². The quantitative estimate of drug-likeness (QED) is 0.867. The van der Waals surface area contributed by atoms with Crippen molar-refractivity contribution in [3.8, 4) is 0 Å². The highest BCUT2D eigenvalue weighted by Gasteiger charge is 2.37. The van der Waals surface area contributed by atoms with Gasteiger partial charge in [-0.15, -0.1) is 0 Å². The molecule has 0 unspecified atom stereocenters. The Morgan fingerprint density at radius 1 is 1.23 bits per heavy atom. The second-order valence-corrected chi connectivity index (χ2v) is 6.57. The summed E-state index contributed by atoms with van der Waals surface area (Å²) in [6, 6.07) is 10.6. The lowest BCUT2D eigenvalue weighted by molar-refractivity contribution is -0.152.